The Morgan fingerprint density at radius 2 is 1.82 bits per heavy atom. The van der Waals surface area contributed by atoms with Gasteiger partial charge in [-0.3, -0.25) is 4.79 Å². The van der Waals surface area contributed by atoms with Gasteiger partial charge in [-0.25, -0.2) is 0 Å². The lowest BCUT2D eigenvalue weighted by Gasteiger charge is -2.28. The Bertz CT molecular complexity index is 501. The molecule has 0 aliphatic heterocycles. The highest BCUT2D eigenvalue weighted by molar-refractivity contribution is 5.85. The van der Waals surface area contributed by atoms with Crippen molar-refractivity contribution in [2.45, 2.75) is 39.8 Å². The molecule has 0 fully saturated rings. The lowest BCUT2D eigenvalue weighted by Crippen LogP contribution is -2.49. The molecule has 0 heterocycles. The van der Waals surface area contributed by atoms with Crippen LogP contribution in [0.4, 0.5) is 0 Å². The first-order chi connectivity index (χ1) is 9.70. The van der Waals surface area contributed by atoms with E-state index >= 15 is 0 Å². The molecule has 126 valence electrons. The van der Waals surface area contributed by atoms with Gasteiger partial charge in [0, 0.05) is 5.56 Å². The highest BCUT2D eigenvalue weighted by Gasteiger charge is 2.28. The smallest absolute Gasteiger partial charge is 0.237 e. The summed E-state index contributed by atoms with van der Waals surface area (Å²) in [4.78, 5) is 12.2. The maximum absolute atomic E-state index is 12.2. The summed E-state index contributed by atoms with van der Waals surface area (Å²) in [5.41, 5.74) is 6.54. The van der Waals surface area contributed by atoms with Crippen LogP contribution in [0.3, 0.4) is 0 Å². The van der Waals surface area contributed by atoms with Crippen LogP contribution in [0, 0.1) is 5.41 Å². The van der Waals surface area contributed by atoms with Gasteiger partial charge in [-0.05, 0) is 30.5 Å². The van der Waals surface area contributed by atoms with E-state index in [2.05, 4.69) is 5.32 Å². The summed E-state index contributed by atoms with van der Waals surface area (Å²) >= 11 is 0. The van der Waals surface area contributed by atoms with E-state index in [0.717, 1.165) is 5.56 Å². The predicted octanol–water partition coefficient (Wildman–Crippen LogP) is 2.68. The molecule has 0 aliphatic carbocycles. The summed E-state index contributed by atoms with van der Waals surface area (Å²) in [5, 5.41) is 2.93. The maximum atomic E-state index is 12.2. The van der Waals surface area contributed by atoms with Gasteiger partial charge in [0.25, 0.3) is 0 Å². The third-order valence-corrected chi connectivity index (χ3v) is 3.48. The number of hydrogen-bond acceptors (Lipinski definition) is 4. The molecule has 0 saturated heterocycles. The number of carbonyl (C=O) groups excluding carboxylic acids is 1. The van der Waals surface area contributed by atoms with Crippen molar-refractivity contribution in [2.75, 3.05) is 14.2 Å². The Balaban J connectivity index is 0.00000441. The van der Waals surface area contributed by atoms with Crippen molar-refractivity contribution in [3.05, 3.63) is 23.8 Å². The van der Waals surface area contributed by atoms with E-state index in [0.29, 0.717) is 11.5 Å². The van der Waals surface area contributed by atoms with Crippen LogP contribution in [0.15, 0.2) is 18.2 Å². The number of methoxy groups -OCH3 is 2. The van der Waals surface area contributed by atoms with E-state index < -0.39 is 6.04 Å². The second-order valence-corrected chi connectivity index (χ2v) is 6.18. The van der Waals surface area contributed by atoms with Crippen LogP contribution < -0.4 is 20.5 Å². The van der Waals surface area contributed by atoms with Gasteiger partial charge >= 0.3 is 0 Å². The number of nitrogens with two attached hydrogens (primary N) is 1. The van der Waals surface area contributed by atoms with Crippen molar-refractivity contribution in [3.8, 4) is 11.5 Å². The molecule has 1 unspecified atom stereocenters. The molecule has 22 heavy (non-hydrogen) atoms. The lowest BCUT2D eigenvalue weighted by molar-refractivity contribution is -0.125. The highest BCUT2D eigenvalue weighted by atomic mass is 35.5. The van der Waals surface area contributed by atoms with Gasteiger partial charge in [-0.1, -0.05) is 20.8 Å². The summed E-state index contributed by atoms with van der Waals surface area (Å²) in [5.74, 6) is 1.24. The largest absolute Gasteiger partial charge is 0.497 e. The maximum Gasteiger partial charge on any atom is 0.237 e. The van der Waals surface area contributed by atoms with Gasteiger partial charge in [0.15, 0.2) is 0 Å². The number of carbonyl (C=O) groups is 1. The Morgan fingerprint density at radius 1 is 1.23 bits per heavy atom. The molecule has 0 spiro atoms. The van der Waals surface area contributed by atoms with Crippen LogP contribution in [0.2, 0.25) is 0 Å². The normalized spacial score (nSPS) is 13.6. The lowest BCUT2D eigenvalue weighted by atomic mass is 9.86. The van der Waals surface area contributed by atoms with E-state index in [1.54, 1.807) is 14.2 Å². The summed E-state index contributed by atoms with van der Waals surface area (Å²) in [6.07, 6.45) is 0. The number of halogens is 1. The van der Waals surface area contributed by atoms with Crippen LogP contribution in [0.25, 0.3) is 0 Å². The van der Waals surface area contributed by atoms with Gasteiger partial charge in [-0.2, -0.15) is 0 Å². The quantitative estimate of drug-likeness (QED) is 0.870. The first-order valence-electron chi connectivity index (χ1n) is 6.98. The molecule has 0 saturated carbocycles. The number of amides is 1. The zero-order valence-electron chi connectivity index (χ0n) is 14.1. The van der Waals surface area contributed by atoms with Crippen molar-refractivity contribution < 1.29 is 14.3 Å². The number of nitrogens with one attached hydrogen (secondary N) is 1. The summed E-state index contributed by atoms with van der Waals surface area (Å²) in [6.45, 7) is 7.71. The van der Waals surface area contributed by atoms with Gasteiger partial charge < -0.3 is 20.5 Å². The average Bonchev–Trinajstić information content (AvgIpc) is 2.44. The van der Waals surface area contributed by atoms with Gasteiger partial charge in [0.05, 0.1) is 26.3 Å². The fraction of sp³-hybridized carbons (Fsp3) is 0.562. The van der Waals surface area contributed by atoms with Gasteiger partial charge in [0.2, 0.25) is 5.91 Å². The fourth-order valence-electron chi connectivity index (χ4n) is 1.95. The molecule has 3 N–H and O–H groups in total. The SMILES string of the molecule is COc1ccc(OC)c(C(C)NC(=O)[C@@H](N)C(C)(C)C)c1.Cl. The topological polar surface area (TPSA) is 73.6 Å². The molecule has 0 radical (unpaired) electrons. The Morgan fingerprint density at radius 3 is 2.27 bits per heavy atom. The minimum Gasteiger partial charge on any atom is -0.497 e. The van der Waals surface area contributed by atoms with E-state index in [1.165, 1.54) is 0 Å². The second kappa shape index (κ2) is 8.25. The first-order valence-corrected chi connectivity index (χ1v) is 6.98. The second-order valence-electron chi connectivity index (χ2n) is 6.18. The molecular formula is C16H27ClN2O3. The number of benzene rings is 1. The van der Waals surface area contributed by atoms with Gasteiger partial charge in [-0.15, -0.1) is 12.4 Å². The Labute approximate surface area is 139 Å². The minimum atomic E-state index is -0.573. The van der Waals surface area contributed by atoms with Crippen LogP contribution in [-0.2, 0) is 4.79 Å². The standard InChI is InChI=1S/C16H26N2O3.ClH/c1-10(18-15(19)14(17)16(2,3)4)12-9-11(20-5)7-8-13(12)21-6;/h7-10,14H,17H2,1-6H3,(H,18,19);1H/t10?,14-;/m1./s1. The van der Waals surface area contributed by atoms with Crippen LogP contribution in [0.5, 0.6) is 11.5 Å². The summed E-state index contributed by atoms with van der Waals surface area (Å²) < 4.78 is 10.6. The molecule has 1 aromatic rings. The third kappa shape index (κ3) is 5.07. The van der Waals surface area contributed by atoms with Crippen molar-refractivity contribution in [3.63, 3.8) is 0 Å². The molecule has 6 heteroatoms. The molecule has 0 bridgehead atoms. The highest BCUT2D eigenvalue weighted by Crippen LogP contribution is 2.29. The van der Waals surface area contributed by atoms with Crippen molar-refractivity contribution in [2.24, 2.45) is 11.1 Å². The molecule has 0 aromatic heterocycles. The molecule has 5 nitrogen and oxygen atoms in total. The van der Waals surface area contributed by atoms with Gasteiger partial charge in [0.1, 0.15) is 11.5 Å². The Kier molecular flexibility index (Phi) is 7.70. The predicted molar refractivity (Wildman–Crippen MR) is 90.8 cm³/mol. The minimum absolute atomic E-state index is 0. The zero-order chi connectivity index (χ0) is 16.2. The molecule has 1 amide bonds. The molecule has 0 aliphatic rings. The van der Waals surface area contributed by atoms with Crippen molar-refractivity contribution >= 4 is 18.3 Å². The third-order valence-electron chi connectivity index (χ3n) is 3.48. The van der Waals surface area contributed by atoms with Crippen LogP contribution in [0.1, 0.15) is 39.3 Å². The summed E-state index contributed by atoms with van der Waals surface area (Å²) in [7, 11) is 3.20. The molecule has 2 atom stereocenters. The summed E-state index contributed by atoms with van der Waals surface area (Å²) in [6, 6.07) is 4.69. The van der Waals surface area contributed by atoms with E-state index in [4.69, 9.17) is 15.2 Å². The van der Waals surface area contributed by atoms with E-state index in [9.17, 15) is 4.79 Å². The van der Waals surface area contributed by atoms with E-state index in [-0.39, 0.29) is 29.8 Å². The van der Waals surface area contributed by atoms with Crippen molar-refractivity contribution in [1.29, 1.82) is 0 Å². The number of hydrogen-bond donors (Lipinski definition) is 2. The monoisotopic (exact) mass is 330 g/mol. The first kappa shape index (κ1) is 20.5. The molecule has 1 aromatic carbocycles. The number of ether oxygens (including phenoxy) is 2. The van der Waals surface area contributed by atoms with Crippen molar-refractivity contribution in [1.82, 2.24) is 5.32 Å². The Hall–Kier alpha value is -1.46. The van der Waals surface area contributed by atoms with Crippen LogP contribution in [-0.4, -0.2) is 26.2 Å². The molecular weight excluding hydrogens is 304 g/mol. The average molecular weight is 331 g/mol. The molecule has 1 rings (SSSR count). The fourth-order valence-corrected chi connectivity index (χ4v) is 1.95. The number of rotatable bonds is 5. The van der Waals surface area contributed by atoms with Crippen LogP contribution >= 0.6 is 12.4 Å². The zero-order valence-corrected chi connectivity index (χ0v) is 14.9. The van der Waals surface area contributed by atoms with E-state index in [1.807, 2.05) is 45.9 Å².